The lowest BCUT2D eigenvalue weighted by atomic mass is 10.2. The summed E-state index contributed by atoms with van der Waals surface area (Å²) in [4.78, 5) is 19.7. The predicted octanol–water partition coefficient (Wildman–Crippen LogP) is 4.34. The normalized spacial score (nSPS) is 10.3. The summed E-state index contributed by atoms with van der Waals surface area (Å²) < 4.78 is 10.4. The minimum atomic E-state index is -0.423. The van der Waals surface area contributed by atoms with Crippen molar-refractivity contribution in [3.63, 3.8) is 0 Å². The third-order valence-electron chi connectivity index (χ3n) is 3.78. The summed E-state index contributed by atoms with van der Waals surface area (Å²) in [5, 5.41) is 3.80. The number of nitrogens with one attached hydrogen (secondary N) is 1. The molecule has 0 radical (unpaired) electrons. The Balaban J connectivity index is 1.81. The van der Waals surface area contributed by atoms with Crippen LogP contribution in [0.2, 0.25) is 5.02 Å². The maximum Gasteiger partial charge on any atom is 0.337 e. The molecule has 0 atom stereocenters. The van der Waals surface area contributed by atoms with Crippen molar-refractivity contribution in [1.29, 1.82) is 0 Å². The molecule has 1 heterocycles. The van der Waals surface area contributed by atoms with Crippen LogP contribution in [0.4, 0.5) is 17.2 Å². The molecule has 0 unspecified atom stereocenters. The number of carbonyl (C=O) groups is 1. The number of rotatable bonds is 5. The van der Waals surface area contributed by atoms with Gasteiger partial charge in [-0.05, 0) is 55.0 Å². The Morgan fingerprint density at radius 3 is 2.56 bits per heavy atom. The summed E-state index contributed by atoms with van der Waals surface area (Å²) in [5.74, 6) is 0.663. The van der Waals surface area contributed by atoms with Crippen molar-refractivity contribution in [1.82, 2.24) is 9.97 Å². The van der Waals surface area contributed by atoms with E-state index in [1.165, 1.54) is 13.4 Å². The molecule has 27 heavy (non-hydrogen) atoms. The Bertz CT molecular complexity index is 977. The number of halogens is 1. The molecule has 0 amide bonds. The van der Waals surface area contributed by atoms with Gasteiger partial charge in [0.15, 0.2) is 5.82 Å². The number of nitrogen functional groups attached to an aromatic ring is 1. The quantitative estimate of drug-likeness (QED) is 0.631. The van der Waals surface area contributed by atoms with Crippen LogP contribution in [-0.2, 0) is 4.74 Å². The van der Waals surface area contributed by atoms with E-state index in [0.717, 1.165) is 11.3 Å². The minimum absolute atomic E-state index is 0.199. The van der Waals surface area contributed by atoms with Crippen molar-refractivity contribution in [2.24, 2.45) is 0 Å². The molecule has 7 nitrogen and oxygen atoms in total. The van der Waals surface area contributed by atoms with Crippen molar-refractivity contribution < 1.29 is 14.3 Å². The number of esters is 1. The first kappa shape index (κ1) is 18.5. The van der Waals surface area contributed by atoms with Gasteiger partial charge in [0.2, 0.25) is 5.88 Å². The van der Waals surface area contributed by atoms with Crippen LogP contribution in [0.25, 0.3) is 0 Å². The van der Waals surface area contributed by atoms with E-state index >= 15 is 0 Å². The van der Waals surface area contributed by atoms with E-state index in [1.807, 2.05) is 19.1 Å². The number of aryl methyl sites for hydroxylation is 1. The Kier molecular flexibility index (Phi) is 5.42. The Morgan fingerprint density at radius 2 is 1.89 bits per heavy atom. The molecular formula is C19H17ClN4O3. The van der Waals surface area contributed by atoms with Crippen molar-refractivity contribution in [2.75, 3.05) is 18.2 Å². The molecule has 0 bridgehead atoms. The summed E-state index contributed by atoms with van der Waals surface area (Å²) in [6.07, 6.45) is 1.35. The highest BCUT2D eigenvalue weighted by Gasteiger charge is 2.12. The second-order valence-electron chi connectivity index (χ2n) is 5.64. The molecule has 0 saturated carbocycles. The van der Waals surface area contributed by atoms with Gasteiger partial charge in [-0.2, -0.15) is 4.98 Å². The molecule has 8 heteroatoms. The van der Waals surface area contributed by atoms with Gasteiger partial charge < -0.3 is 20.5 Å². The number of carbonyl (C=O) groups excluding carboxylic acids is 1. The zero-order valence-electron chi connectivity index (χ0n) is 14.7. The molecule has 0 aliphatic heterocycles. The van der Waals surface area contributed by atoms with Gasteiger partial charge in [-0.15, -0.1) is 0 Å². The maximum atomic E-state index is 11.5. The average Bonchev–Trinajstić information content (AvgIpc) is 2.67. The molecule has 0 aliphatic rings. The Labute approximate surface area is 161 Å². The standard InChI is InChI=1S/C19H17ClN4O3/c1-11-9-13(20)5-8-15(11)24-17-16(21)18(23-10-22-17)27-14-6-3-12(4-7-14)19(25)26-2/h3-10H,21H2,1-2H3,(H,22,23,24). The number of methoxy groups -OCH3 is 1. The number of nitrogens with zero attached hydrogens (tertiary/aromatic N) is 2. The summed E-state index contributed by atoms with van der Waals surface area (Å²) in [5.41, 5.74) is 8.58. The van der Waals surface area contributed by atoms with Crippen LogP contribution >= 0.6 is 11.6 Å². The third kappa shape index (κ3) is 4.27. The van der Waals surface area contributed by atoms with E-state index in [4.69, 9.17) is 22.1 Å². The summed E-state index contributed by atoms with van der Waals surface area (Å²) >= 11 is 5.98. The first-order valence-corrected chi connectivity index (χ1v) is 8.35. The Hall–Kier alpha value is -3.32. The molecule has 138 valence electrons. The van der Waals surface area contributed by atoms with Crippen LogP contribution in [0.15, 0.2) is 48.8 Å². The van der Waals surface area contributed by atoms with Gasteiger partial charge in [0.1, 0.15) is 17.8 Å². The van der Waals surface area contributed by atoms with E-state index in [9.17, 15) is 4.79 Å². The van der Waals surface area contributed by atoms with Crippen molar-refractivity contribution in [3.8, 4) is 11.6 Å². The molecular weight excluding hydrogens is 368 g/mol. The van der Waals surface area contributed by atoms with Gasteiger partial charge in [0, 0.05) is 10.7 Å². The molecule has 3 aromatic rings. The maximum absolute atomic E-state index is 11.5. The number of ether oxygens (including phenoxy) is 2. The van der Waals surface area contributed by atoms with Crippen molar-refractivity contribution >= 4 is 34.8 Å². The zero-order chi connectivity index (χ0) is 19.4. The van der Waals surface area contributed by atoms with Crippen molar-refractivity contribution in [2.45, 2.75) is 6.92 Å². The highest BCUT2D eigenvalue weighted by molar-refractivity contribution is 6.30. The highest BCUT2D eigenvalue weighted by Crippen LogP contribution is 2.32. The number of anilines is 3. The summed E-state index contributed by atoms with van der Waals surface area (Å²) in [6.45, 7) is 1.92. The monoisotopic (exact) mass is 384 g/mol. The molecule has 3 N–H and O–H groups in total. The fraction of sp³-hybridized carbons (Fsp3) is 0.105. The molecule has 0 saturated heterocycles. The number of nitrogens with two attached hydrogens (primary N) is 1. The number of hydrogen-bond acceptors (Lipinski definition) is 7. The first-order chi connectivity index (χ1) is 13.0. The summed E-state index contributed by atoms with van der Waals surface area (Å²) in [6, 6.07) is 11.9. The van der Waals surface area contributed by atoms with E-state index in [1.54, 1.807) is 30.3 Å². The molecule has 0 aliphatic carbocycles. The molecule has 1 aromatic heterocycles. The van der Waals surface area contributed by atoms with Crippen LogP contribution in [0.1, 0.15) is 15.9 Å². The SMILES string of the molecule is COC(=O)c1ccc(Oc2ncnc(Nc3ccc(Cl)cc3C)c2N)cc1. The van der Waals surface area contributed by atoms with E-state index in [0.29, 0.717) is 22.2 Å². The average molecular weight is 385 g/mol. The van der Waals surface area contributed by atoms with Crippen LogP contribution < -0.4 is 15.8 Å². The second-order valence-corrected chi connectivity index (χ2v) is 6.08. The fourth-order valence-corrected chi connectivity index (χ4v) is 2.57. The van der Waals surface area contributed by atoms with Gasteiger partial charge in [-0.25, -0.2) is 9.78 Å². The van der Waals surface area contributed by atoms with Gasteiger partial charge in [0.05, 0.1) is 12.7 Å². The topological polar surface area (TPSA) is 99.4 Å². The van der Waals surface area contributed by atoms with Gasteiger partial charge >= 0.3 is 5.97 Å². The summed E-state index contributed by atoms with van der Waals surface area (Å²) in [7, 11) is 1.32. The lowest BCUT2D eigenvalue weighted by Crippen LogP contribution is -2.04. The number of hydrogen-bond donors (Lipinski definition) is 2. The number of aromatic nitrogens is 2. The largest absolute Gasteiger partial charge is 0.465 e. The van der Waals surface area contributed by atoms with Crippen LogP contribution in [0, 0.1) is 6.92 Å². The van der Waals surface area contributed by atoms with Gasteiger partial charge in [-0.1, -0.05) is 11.6 Å². The van der Waals surface area contributed by atoms with Crippen molar-refractivity contribution in [3.05, 3.63) is 64.9 Å². The second kappa shape index (κ2) is 7.92. The lowest BCUT2D eigenvalue weighted by molar-refractivity contribution is 0.0600. The smallest absolute Gasteiger partial charge is 0.337 e. The predicted molar refractivity (Wildman–Crippen MR) is 104 cm³/mol. The molecule has 0 spiro atoms. The third-order valence-corrected chi connectivity index (χ3v) is 4.01. The van der Waals surface area contributed by atoms with Crippen LogP contribution in [0.5, 0.6) is 11.6 Å². The first-order valence-electron chi connectivity index (χ1n) is 7.98. The minimum Gasteiger partial charge on any atom is -0.465 e. The Morgan fingerprint density at radius 1 is 1.15 bits per heavy atom. The van der Waals surface area contributed by atoms with Crippen LogP contribution in [0.3, 0.4) is 0 Å². The van der Waals surface area contributed by atoms with Crippen LogP contribution in [-0.4, -0.2) is 23.0 Å². The van der Waals surface area contributed by atoms with Gasteiger partial charge in [-0.3, -0.25) is 0 Å². The molecule has 2 aromatic carbocycles. The highest BCUT2D eigenvalue weighted by atomic mass is 35.5. The fourth-order valence-electron chi connectivity index (χ4n) is 2.34. The van der Waals surface area contributed by atoms with Gasteiger partial charge in [0.25, 0.3) is 0 Å². The van der Waals surface area contributed by atoms with E-state index < -0.39 is 5.97 Å². The molecule has 0 fully saturated rings. The lowest BCUT2D eigenvalue weighted by Gasteiger charge is -2.13. The van der Waals surface area contributed by atoms with E-state index in [2.05, 4.69) is 20.0 Å². The van der Waals surface area contributed by atoms with E-state index in [-0.39, 0.29) is 11.6 Å². The zero-order valence-corrected chi connectivity index (χ0v) is 15.4. The number of benzene rings is 2. The molecule has 3 rings (SSSR count).